The lowest BCUT2D eigenvalue weighted by atomic mass is 9.94. The fourth-order valence-electron chi connectivity index (χ4n) is 2.93. The van der Waals surface area contributed by atoms with E-state index in [2.05, 4.69) is 75.8 Å². The second-order valence-electron chi connectivity index (χ2n) is 5.86. The van der Waals surface area contributed by atoms with Crippen molar-refractivity contribution in [3.8, 4) is 22.3 Å². The standard InChI is InChI=1S/C21H16ClN3/c22-18-11-9-17(10-12-18)20-4-2-1-3-19(20)16-7-5-15(6-8-16)13-21-23-14-24-25-21/h1-12,14H,13H2,(H,23,24,25). The topological polar surface area (TPSA) is 41.6 Å². The summed E-state index contributed by atoms with van der Waals surface area (Å²) in [6.45, 7) is 0. The minimum absolute atomic E-state index is 0.748. The van der Waals surface area contributed by atoms with Gasteiger partial charge in [0.1, 0.15) is 12.2 Å². The highest BCUT2D eigenvalue weighted by atomic mass is 35.5. The maximum Gasteiger partial charge on any atom is 0.137 e. The molecule has 3 aromatic carbocycles. The molecule has 0 aliphatic carbocycles. The van der Waals surface area contributed by atoms with Crippen molar-refractivity contribution in [1.82, 2.24) is 15.2 Å². The molecular formula is C21H16ClN3. The Morgan fingerprint density at radius 1 is 0.760 bits per heavy atom. The molecule has 0 saturated heterocycles. The molecule has 0 spiro atoms. The Kier molecular flexibility index (Phi) is 4.32. The first-order valence-electron chi connectivity index (χ1n) is 8.08. The van der Waals surface area contributed by atoms with Crippen LogP contribution in [0.1, 0.15) is 11.4 Å². The third-order valence-electron chi connectivity index (χ3n) is 4.18. The van der Waals surface area contributed by atoms with Crippen LogP contribution in [0.15, 0.2) is 79.1 Å². The van der Waals surface area contributed by atoms with Gasteiger partial charge in [-0.1, -0.05) is 72.3 Å². The Hall–Kier alpha value is -2.91. The SMILES string of the molecule is Clc1ccc(-c2ccccc2-c2ccc(Cc3ncn[nH]3)cc2)cc1. The molecule has 0 aliphatic heterocycles. The van der Waals surface area contributed by atoms with Crippen LogP contribution in [0, 0.1) is 0 Å². The van der Waals surface area contributed by atoms with E-state index in [0.29, 0.717) is 0 Å². The molecule has 25 heavy (non-hydrogen) atoms. The first-order chi connectivity index (χ1) is 12.3. The molecule has 0 unspecified atom stereocenters. The Bertz CT molecular complexity index is 959. The molecule has 0 bridgehead atoms. The van der Waals surface area contributed by atoms with Gasteiger partial charge in [0, 0.05) is 11.4 Å². The van der Waals surface area contributed by atoms with E-state index in [1.165, 1.54) is 28.6 Å². The average molecular weight is 346 g/mol. The monoisotopic (exact) mass is 345 g/mol. The second-order valence-corrected chi connectivity index (χ2v) is 6.29. The number of rotatable bonds is 4. The smallest absolute Gasteiger partial charge is 0.137 e. The Labute approximate surface area is 151 Å². The van der Waals surface area contributed by atoms with Gasteiger partial charge in [-0.2, -0.15) is 5.10 Å². The molecule has 4 heteroatoms. The van der Waals surface area contributed by atoms with Crippen molar-refractivity contribution >= 4 is 11.6 Å². The van der Waals surface area contributed by atoms with E-state index in [0.717, 1.165) is 22.8 Å². The number of aromatic amines is 1. The van der Waals surface area contributed by atoms with E-state index in [9.17, 15) is 0 Å². The molecule has 4 rings (SSSR count). The van der Waals surface area contributed by atoms with E-state index >= 15 is 0 Å². The lowest BCUT2D eigenvalue weighted by Gasteiger charge is -2.11. The molecular weight excluding hydrogens is 330 g/mol. The van der Waals surface area contributed by atoms with E-state index in [1.807, 2.05) is 12.1 Å². The molecule has 0 saturated carbocycles. The molecule has 4 aromatic rings. The van der Waals surface area contributed by atoms with Gasteiger partial charge in [-0.05, 0) is 39.9 Å². The van der Waals surface area contributed by atoms with Crippen molar-refractivity contribution in [1.29, 1.82) is 0 Å². The molecule has 3 nitrogen and oxygen atoms in total. The maximum atomic E-state index is 6.02. The predicted octanol–water partition coefficient (Wildman–Crippen LogP) is 5.38. The number of H-pyrrole nitrogens is 1. The largest absolute Gasteiger partial charge is 0.263 e. The molecule has 0 aliphatic rings. The summed E-state index contributed by atoms with van der Waals surface area (Å²) in [6, 6.07) is 25.0. The van der Waals surface area contributed by atoms with Crippen molar-refractivity contribution in [2.45, 2.75) is 6.42 Å². The second kappa shape index (κ2) is 6.91. The zero-order valence-electron chi connectivity index (χ0n) is 13.5. The van der Waals surface area contributed by atoms with Gasteiger partial charge in [0.15, 0.2) is 0 Å². The van der Waals surface area contributed by atoms with Gasteiger partial charge >= 0.3 is 0 Å². The fraction of sp³-hybridized carbons (Fsp3) is 0.0476. The number of nitrogens with zero attached hydrogens (tertiary/aromatic N) is 2. The quantitative estimate of drug-likeness (QED) is 0.539. The molecule has 1 aromatic heterocycles. The van der Waals surface area contributed by atoms with Gasteiger partial charge < -0.3 is 0 Å². The summed E-state index contributed by atoms with van der Waals surface area (Å²) in [6.07, 6.45) is 2.28. The first kappa shape index (κ1) is 15.6. The minimum atomic E-state index is 0.748. The van der Waals surface area contributed by atoms with Gasteiger partial charge in [-0.3, -0.25) is 5.10 Å². The van der Waals surface area contributed by atoms with Crippen molar-refractivity contribution in [2.24, 2.45) is 0 Å². The fourth-order valence-corrected chi connectivity index (χ4v) is 3.05. The summed E-state index contributed by atoms with van der Waals surface area (Å²) in [4.78, 5) is 4.18. The summed E-state index contributed by atoms with van der Waals surface area (Å²) in [5.74, 6) is 0.870. The molecule has 1 N–H and O–H groups in total. The lowest BCUT2D eigenvalue weighted by molar-refractivity contribution is 0.972. The van der Waals surface area contributed by atoms with Crippen LogP contribution in [0.2, 0.25) is 5.02 Å². The van der Waals surface area contributed by atoms with Crippen molar-refractivity contribution < 1.29 is 0 Å². The zero-order chi connectivity index (χ0) is 17.1. The molecule has 1 heterocycles. The van der Waals surface area contributed by atoms with Crippen molar-refractivity contribution in [2.75, 3.05) is 0 Å². The van der Waals surface area contributed by atoms with E-state index in [-0.39, 0.29) is 0 Å². The molecule has 0 fully saturated rings. The van der Waals surface area contributed by atoms with Gasteiger partial charge in [-0.15, -0.1) is 0 Å². The molecule has 0 atom stereocenters. The number of aromatic nitrogens is 3. The van der Waals surface area contributed by atoms with Crippen LogP contribution >= 0.6 is 11.6 Å². The molecule has 0 amide bonds. The summed E-state index contributed by atoms with van der Waals surface area (Å²) in [5, 5.41) is 7.53. The third kappa shape index (κ3) is 3.47. The van der Waals surface area contributed by atoms with Crippen LogP contribution in [0.3, 0.4) is 0 Å². The Morgan fingerprint density at radius 3 is 1.92 bits per heavy atom. The highest BCUT2D eigenvalue weighted by Gasteiger charge is 2.07. The van der Waals surface area contributed by atoms with Crippen molar-refractivity contribution in [3.63, 3.8) is 0 Å². The zero-order valence-corrected chi connectivity index (χ0v) is 14.2. The number of halogens is 1. The Balaban J connectivity index is 1.67. The normalized spacial score (nSPS) is 10.8. The van der Waals surface area contributed by atoms with Gasteiger partial charge in [0.2, 0.25) is 0 Å². The number of benzene rings is 3. The average Bonchev–Trinajstić information content (AvgIpc) is 3.16. The summed E-state index contributed by atoms with van der Waals surface area (Å²) in [5.41, 5.74) is 5.94. The maximum absolute atomic E-state index is 6.02. The van der Waals surface area contributed by atoms with Crippen LogP contribution in [-0.2, 0) is 6.42 Å². The van der Waals surface area contributed by atoms with Gasteiger partial charge in [0.25, 0.3) is 0 Å². The number of nitrogens with one attached hydrogen (secondary N) is 1. The lowest BCUT2D eigenvalue weighted by Crippen LogP contribution is -1.91. The molecule has 0 radical (unpaired) electrons. The highest BCUT2D eigenvalue weighted by Crippen LogP contribution is 2.32. The minimum Gasteiger partial charge on any atom is -0.263 e. The van der Waals surface area contributed by atoms with Crippen LogP contribution in [0.4, 0.5) is 0 Å². The van der Waals surface area contributed by atoms with Gasteiger partial charge in [-0.25, -0.2) is 4.98 Å². The summed E-state index contributed by atoms with van der Waals surface area (Å²) >= 11 is 6.02. The van der Waals surface area contributed by atoms with Crippen molar-refractivity contribution in [3.05, 3.63) is 95.5 Å². The number of hydrogen-bond donors (Lipinski definition) is 1. The predicted molar refractivity (Wildman–Crippen MR) is 102 cm³/mol. The third-order valence-corrected chi connectivity index (χ3v) is 4.44. The number of hydrogen-bond acceptors (Lipinski definition) is 2. The highest BCUT2D eigenvalue weighted by molar-refractivity contribution is 6.30. The van der Waals surface area contributed by atoms with E-state index in [1.54, 1.807) is 0 Å². The first-order valence-corrected chi connectivity index (χ1v) is 8.46. The summed E-state index contributed by atoms with van der Waals surface area (Å²) < 4.78 is 0. The van der Waals surface area contributed by atoms with E-state index < -0.39 is 0 Å². The van der Waals surface area contributed by atoms with Crippen LogP contribution in [-0.4, -0.2) is 15.2 Å². The molecule has 122 valence electrons. The van der Waals surface area contributed by atoms with Crippen LogP contribution in [0.5, 0.6) is 0 Å². The van der Waals surface area contributed by atoms with E-state index in [4.69, 9.17) is 11.6 Å². The van der Waals surface area contributed by atoms with Crippen LogP contribution < -0.4 is 0 Å². The van der Waals surface area contributed by atoms with Gasteiger partial charge in [0.05, 0.1) is 0 Å². The van der Waals surface area contributed by atoms with Crippen LogP contribution in [0.25, 0.3) is 22.3 Å². The summed E-state index contributed by atoms with van der Waals surface area (Å²) in [7, 11) is 0. The Morgan fingerprint density at radius 2 is 1.36 bits per heavy atom.